The third kappa shape index (κ3) is 4.43. The van der Waals surface area contributed by atoms with Crippen LogP contribution in [0.2, 0.25) is 0 Å². The van der Waals surface area contributed by atoms with Crippen LogP contribution in [0.25, 0.3) is 77.7 Å². The lowest BCUT2D eigenvalue weighted by Gasteiger charge is -2.13. The standard InChI is InChI=1S/C47H39N3/c1-2-3-4-14-32-15-13-16-33(29-32)48-46-27-25-34(49-42-21-9-5-17-36(42)37-18-6-10-22-43(37)49)30-40(46)41-31-35(26-28-47(41)48)50-44-23-11-7-19-38(44)39-20-8-12-24-45(39)50/h5-7,9-13,15-19,21-31H,2-4,8,14,20H2,1H3. The topological polar surface area (TPSA) is 14.8 Å². The van der Waals surface area contributed by atoms with E-state index >= 15 is 0 Å². The van der Waals surface area contributed by atoms with E-state index in [-0.39, 0.29) is 0 Å². The smallest absolute Gasteiger partial charge is 0.0542 e. The predicted molar refractivity (Wildman–Crippen MR) is 213 cm³/mol. The van der Waals surface area contributed by atoms with Gasteiger partial charge in [0.15, 0.2) is 0 Å². The summed E-state index contributed by atoms with van der Waals surface area (Å²) in [5, 5.41) is 6.46. The molecule has 3 nitrogen and oxygen atoms in total. The molecule has 3 heterocycles. The summed E-state index contributed by atoms with van der Waals surface area (Å²) in [7, 11) is 0. The van der Waals surface area contributed by atoms with Crippen molar-refractivity contribution in [3.05, 3.63) is 156 Å². The third-order valence-electron chi connectivity index (χ3n) is 10.9. The fourth-order valence-corrected chi connectivity index (χ4v) is 8.65. The summed E-state index contributed by atoms with van der Waals surface area (Å²) in [6.07, 6.45) is 11.7. The molecule has 0 saturated carbocycles. The molecule has 1 aliphatic carbocycles. The van der Waals surface area contributed by atoms with Gasteiger partial charge in [-0.25, -0.2) is 0 Å². The van der Waals surface area contributed by atoms with E-state index in [1.165, 1.54) is 108 Å². The van der Waals surface area contributed by atoms with E-state index < -0.39 is 0 Å². The van der Waals surface area contributed by atoms with Gasteiger partial charge in [-0.2, -0.15) is 0 Å². The average Bonchev–Trinajstić information content (AvgIpc) is 3.80. The number of nitrogens with zero attached hydrogens (tertiary/aromatic N) is 3. The van der Waals surface area contributed by atoms with Crippen molar-refractivity contribution in [1.82, 2.24) is 13.7 Å². The summed E-state index contributed by atoms with van der Waals surface area (Å²) in [6.45, 7) is 2.28. The van der Waals surface area contributed by atoms with E-state index in [2.05, 4.69) is 166 Å². The minimum atomic E-state index is 1.08. The highest BCUT2D eigenvalue weighted by molar-refractivity contribution is 6.12. The summed E-state index contributed by atoms with van der Waals surface area (Å²) in [4.78, 5) is 0. The zero-order valence-electron chi connectivity index (χ0n) is 28.4. The first kappa shape index (κ1) is 29.1. The van der Waals surface area contributed by atoms with Gasteiger partial charge in [-0.15, -0.1) is 0 Å². The first-order valence-corrected chi connectivity index (χ1v) is 18.2. The molecular formula is C47H39N3. The van der Waals surface area contributed by atoms with Gasteiger partial charge < -0.3 is 13.7 Å². The van der Waals surface area contributed by atoms with Crippen LogP contribution in [-0.2, 0) is 12.8 Å². The average molecular weight is 646 g/mol. The molecule has 10 rings (SSSR count). The van der Waals surface area contributed by atoms with Crippen molar-refractivity contribution in [2.45, 2.75) is 45.4 Å². The Kier molecular flexibility index (Phi) is 6.80. The Balaban J connectivity index is 1.25. The SMILES string of the molecule is CCCCCc1cccc(-n2c3ccc(-n4c5c(c6ccccc64)CCC=C5)cc3c3cc(-n4c5ccccc5c5ccccc54)ccc32)c1. The fraction of sp³-hybridized carbons (Fsp3) is 0.149. The monoisotopic (exact) mass is 645 g/mol. The normalized spacial score (nSPS) is 13.0. The Morgan fingerprint density at radius 3 is 1.70 bits per heavy atom. The molecule has 0 bridgehead atoms. The van der Waals surface area contributed by atoms with Crippen molar-refractivity contribution in [1.29, 1.82) is 0 Å². The molecular weight excluding hydrogens is 607 g/mol. The number of unbranched alkanes of at least 4 members (excludes halogenated alkanes) is 2. The first-order valence-electron chi connectivity index (χ1n) is 18.2. The quantitative estimate of drug-likeness (QED) is 0.153. The molecule has 9 aromatic rings. The molecule has 3 aromatic heterocycles. The molecule has 242 valence electrons. The van der Waals surface area contributed by atoms with Crippen LogP contribution in [0.1, 0.15) is 49.4 Å². The van der Waals surface area contributed by atoms with E-state index in [9.17, 15) is 0 Å². The molecule has 0 unspecified atom stereocenters. The molecule has 0 aliphatic heterocycles. The van der Waals surface area contributed by atoms with Crippen molar-refractivity contribution < 1.29 is 0 Å². The van der Waals surface area contributed by atoms with Gasteiger partial charge in [-0.1, -0.05) is 92.6 Å². The van der Waals surface area contributed by atoms with Crippen LogP contribution in [0.3, 0.4) is 0 Å². The largest absolute Gasteiger partial charge is 0.310 e. The highest BCUT2D eigenvalue weighted by atomic mass is 15.0. The lowest BCUT2D eigenvalue weighted by atomic mass is 10.0. The number of aromatic nitrogens is 3. The molecule has 0 atom stereocenters. The van der Waals surface area contributed by atoms with E-state index in [0.29, 0.717) is 0 Å². The Morgan fingerprint density at radius 2 is 1.04 bits per heavy atom. The lowest BCUT2D eigenvalue weighted by molar-refractivity contribution is 0.717. The summed E-state index contributed by atoms with van der Waals surface area (Å²) in [5.74, 6) is 0. The number of para-hydroxylation sites is 3. The van der Waals surface area contributed by atoms with Gasteiger partial charge in [-0.3, -0.25) is 0 Å². The molecule has 6 aromatic carbocycles. The molecule has 0 radical (unpaired) electrons. The predicted octanol–water partition coefficient (Wildman–Crippen LogP) is 12.5. The van der Waals surface area contributed by atoms with Crippen LogP contribution in [0, 0.1) is 0 Å². The second-order valence-corrected chi connectivity index (χ2v) is 13.9. The highest BCUT2D eigenvalue weighted by Gasteiger charge is 2.21. The summed E-state index contributed by atoms with van der Waals surface area (Å²) in [5.41, 5.74) is 14.0. The maximum atomic E-state index is 2.48. The maximum absolute atomic E-state index is 2.48. The Labute approximate surface area is 292 Å². The maximum Gasteiger partial charge on any atom is 0.0542 e. The van der Waals surface area contributed by atoms with Gasteiger partial charge in [0.25, 0.3) is 0 Å². The number of hydrogen-bond donors (Lipinski definition) is 0. The molecule has 0 fully saturated rings. The molecule has 50 heavy (non-hydrogen) atoms. The second kappa shape index (κ2) is 11.7. The van der Waals surface area contributed by atoms with E-state index in [1.54, 1.807) is 0 Å². The molecule has 0 spiro atoms. The van der Waals surface area contributed by atoms with Crippen molar-refractivity contribution in [2.75, 3.05) is 0 Å². The van der Waals surface area contributed by atoms with Gasteiger partial charge in [0.05, 0.1) is 27.6 Å². The zero-order chi connectivity index (χ0) is 33.2. The van der Waals surface area contributed by atoms with Gasteiger partial charge in [0, 0.05) is 49.7 Å². The van der Waals surface area contributed by atoms with Crippen molar-refractivity contribution in [3.63, 3.8) is 0 Å². The number of allylic oxidation sites excluding steroid dienone is 1. The number of fused-ring (bicyclic) bond motifs is 9. The molecule has 0 N–H and O–H groups in total. The molecule has 0 amide bonds. The van der Waals surface area contributed by atoms with Crippen molar-refractivity contribution >= 4 is 60.6 Å². The van der Waals surface area contributed by atoms with E-state index in [0.717, 1.165) is 19.3 Å². The number of aryl methyl sites for hydroxylation is 2. The second-order valence-electron chi connectivity index (χ2n) is 13.9. The first-order chi connectivity index (χ1) is 24.8. The molecule has 0 saturated heterocycles. The third-order valence-corrected chi connectivity index (χ3v) is 10.9. The van der Waals surface area contributed by atoms with Crippen molar-refractivity contribution in [2.24, 2.45) is 0 Å². The van der Waals surface area contributed by atoms with Crippen LogP contribution < -0.4 is 0 Å². The minimum Gasteiger partial charge on any atom is -0.310 e. The van der Waals surface area contributed by atoms with E-state index in [4.69, 9.17) is 0 Å². The van der Waals surface area contributed by atoms with Crippen LogP contribution in [0.5, 0.6) is 0 Å². The number of benzene rings is 6. The summed E-state index contributed by atoms with van der Waals surface area (Å²) >= 11 is 0. The van der Waals surface area contributed by atoms with Gasteiger partial charge in [0.2, 0.25) is 0 Å². The van der Waals surface area contributed by atoms with Crippen molar-refractivity contribution in [3.8, 4) is 17.1 Å². The lowest BCUT2D eigenvalue weighted by Crippen LogP contribution is -2.00. The van der Waals surface area contributed by atoms with Crippen LogP contribution in [0.4, 0.5) is 0 Å². The van der Waals surface area contributed by atoms with Crippen LogP contribution in [0.15, 0.2) is 140 Å². The van der Waals surface area contributed by atoms with Gasteiger partial charge in [-0.05, 0) is 110 Å². The van der Waals surface area contributed by atoms with Crippen LogP contribution in [-0.4, -0.2) is 13.7 Å². The fourth-order valence-electron chi connectivity index (χ4n) is 8.65. The Morgan fingerprint density at radius 1 is 0.480 bits per heavy atom. The van der Waals surface area contributed by atoms with Gasteiger partial charge in [0.1, 0.15) is 0 Å². The number of rotatable bonds is 7. The van der Waals surface area contributed by atoms with E-state index in [1.807, 2.05) is 0 Å². The Hall–Kier alpha value is -5.80. The Bertz CT molecular complexity index is 2730. The highest BCUT2D eigenvalue weighted by Crippen LogP contribution is 2.40. The molecule has 3 heteroatoms. The molecule has 1 aliphatic rings. The summed E-state index contributed by atoms with van der Waals surface area (Å²) < 4.78 is 7.40. The minimum absolute atomic E-state index is 1.08. The number of hydrogen-bond acceptors (Lipinski definition) is 0. The van der Waals surface area contributed by atoms with Gasteiger partial charge >= 0.3 is 0 Å². The van der Waals surface area contributed by atoms with Crippen LogP contribution >= 0.6 is 0 Å². The zero-order valence-corrected chi connectivity index (χ0v) is 28.4. The summed E-state index contributed by atoms with van der Waals surface area (Å²) in [6, 6.07) is 49.9.